The van der Waals surface area contributed by atoms with Crippen LogP contribution in [-0.4, -0.2) is 40.8 Å². The second-order valence-corrected chi connectivity index (χ2v) is 6.54. The van der Waals surface area contributed by atoms with Crippen LogP contribution in [0, 0.1) is 6.92 Å². The van der Waals surface area contributed by atoms with E-state index in [0.29, 0.717) is 23.7 Å². The van der Waals surface area contributed by atoms with Gasteiger partial charge in [-0.15, -0.1) is 11.3 Å². The van der Waals surface area contributed by atoms with Gasteiger partial charge in [0.15, 0.2) is 0 Å². The van der Waals surface area contributed by atoms with Crippen LogP contribution in [0.25, 0.3) is 6.08 Å². The number of amides is 2. The van der Waals surface area contributed by atoms with Crippen molar-refractivity contribution in [1.82, 2.24) is 15.2 Å². The average Bonchev–Trinajstić information content (AvgIpc) is 3.24. The van der Waals surface area contributed by atoms with E-state index in [1.165, 1.54) is 17.4 Å². The summed E-state index contributed by atoms with van der Waals surface area (Å²) in [6, 6.07) is 3.67. The SMILES string of the molecule is Cc1ncsc1C(=O)NC1CCN(C(=O)/C=C/c2ccco2)CC1. The first-order chi connectivity index (χ1) is 11.6. The smallest absolute Gasteiger partial charge is 0.263 e. The molecule has 2 aromatic heterocycles. The molecule has 0 aromatic carbocycles. The lowest BCUT2D eigenvalue weighted by Crippen LogP contribution is -2.46. The van der Waals surface area contributed by atoms with Crippen molar-refractivity contribution in [3.8, 4) is 0 Å². The number of hydrogen-bond donors (Lipinski definition) is 1. The second-order valence-electron chi connectivity index (χ2n) is 5.69. The molecular weight excluding hydrogens is 326 g/mol. The highest BCUT2D eigenvalue weighted by atomic mass is 32.1. The third kappa shape index (κ3) is 3.91. The average molecular weight is 345 g/mol. The summed E-state index contributed by atoms with van der Waals surface area (Å²) in [7, 11) is 0. The van der Waals surface area contributed by atoms with Gasteiger partial charge >= 0.3 is 0 Å². The van der Waals surface area contributed by atoms with E-state index < -0.39 is 0 Å². The molecule has 0 bridgehead atoms. The number of aromatic nitrogens is 1. The monoisotopic (exact) mass is 345 g/mol. The fraction of sp³-hybridized carbons (Fsp3) is 0.353. The molecule has 0 radical (unpaired) electrons. The Morgan fingerprint density at radius 3 is 2.83 bits per heavy atom. The van der Waals surface area contributed by atoms with Crippen molar-refractivity contribution in [3.63, 3.8) is 0 Å². The van der Waals surface area contributed by atoms with Gasteiger partial charge in [-0.2, -0.15) is 0 Å². The van der Waals surface area contributed by atoms with Gasteiger partial charge in [0.2, 0.25) is 5.91 Å². The van der Waals surface area contributed by atoms with Gasteiger partial charge in [-0.1, -0.05) is 0 Å². The van der Waals surface area contributed by atoms with E-state index in [-0.39, 0.29) is 17.9 Å². The number of rotatable bonds is 4. The molecule has 0 atom stereocenters. The first-order valence-electron chi connectivity index (χ1n) is 7.85. The van der Waals surface area contributed by atoms with Crippen LogP contribution in [0.1, 0.15) is 34.0 Å². The Labute approximate surface area is 144 Å². The molecule has 0 aliphatic carbocycles. The molecule has 3 rings (SSSR count). The minimum atomic E-state index is -0.0718. The quantitative estimate of drug-likeness (QED) is 0.864. The van der Waals surface area contributed by atoms with Crippen molar-refractivity contribution < 1.29 is 14.0 Å². The zero-order valence-electron chi connectivity index (χ0n) is 13.4. The highest BCUT2D eigenvalue weighted by Gasteiger charge is 2.24. The number of furan rings is 1. The molecule has 126 valence electrons. The third-order valence-corrected chi connectivity index (χ3v) is 4.95. The van der Waals surface area contributed by atoms with Crippen LogP contribution in [0.2, 0.25) is 0 Å². The van der Waals surface area contributed by atoms with E-state index in [4.69, 9.17) is 4.42 Å². The van der Waals surface area contributed by atoms with Gasteiger partial charge in [-0.25, -0.2) is 4.98 Å². The zero-order chi connectivity index (χ0) is 16.9. The molecule has 0 saturated carbocycles. The maximum absolute atomic E-state index is 12.2. The van der Waals surface area contributed by atoms with Crippen LogP contribution in [0.3, 0.4) is 0 Å². The lowest BCUT2D eigenvalue weighted by Gasteiger charge is -2.31. The van der Waals surface area contributed by atoms with Gasteiger partial charge in [0.1, 0.15) is 10.6 Å². The Morgan fingerprint density at radius 2 is 2.21 bits per heavy atom. The van der Waals surface area contributed by atoms with E-state index in [0.717, 1.165) is 18.5 Å². The van der Waals surface area contributed by atoms with Crippen molar-refractivity contribution in [3.05, 3.63) is 46.3 Å². The molecule has 7 heteroatoms. The van der Waals surface area contributed by atoms with Gasteiger partial charge in [-0.05, 0) is 38.0 Å². The zero-order valence-corrected chi connectivity index (χ0v) is 14.2. The molecule has 2 aromatic rings. The van der Waals surface area contributed by atoms with Gasteiger partial charge in [0.25, 0.3) is 5.91 Å². The molecule has 2 amide bonds. The number of likely N-dealkylation sites (tertiary alicyclic amines) is 1. The standard InChI is InChI=1S/C17H19N3O3S/c1-12-16(24-11-18-12)17(22)19-13-6-8-20(9-7-13)15(21)5-4-14-3-2-10-23-14/h2-5,10-11,13H,6-9H2,1H3,(H,19,22)/b5-4+. The predicted molar refractivity (Wildman–Crippen MR) is 91.7 cm³/mol. The number of nitrogens with zero attached hydrogens (tertiary/aromatic N) is 2. The van der Waals surface area contributed by atoms with Crippen LogP contribution >= 0.6 is 11.3 Å². The summed E-state index contributed by atoms with van der Waals surface area (Å²) in [5.41, 5.74) is 2.44. The maximum atomic E-state index is 12.2. The van der Waals surface area contributed by atoms with Gasteiger partial charge < -0.3 is 14.6 Å². The van der Waals surface area contributed by atoms with Crippen LogP contribution in [0.5, 0.6) is 0 Å². The number of carbonyl (C=O) groups excluding carboxylic acids is 2. The first-order valence-corrected chi connectivity index (χ1v) is 8.73. The van der Waals surface area contributed by atoms with E-state index in [9.17, 15) is 9.59 Å². The molecular formula is C17H19N3O3S. The Morgan fingerprint density at radius 1 is 1.42 bits per heavy atom. The van der Waals surface area contributed by atoms with Crippen molar-refractivity contribution in [2.45, 2.75) is 25.8 Å². The van der Waals surface area contributed by atoms with E-state index >= 15 is 0 Å². The summed E-state index contributed by atoms with van der Waals surface area (Å²) in [6.45, 7) is 3.10. The second kappa shape index (κ2) is 7.44. The van der Waals surface area contributed by atoms with E-state index in [1.54, 1.807) is 34.9 Å². The molecule has 3 heterocycles. The van der Waals surface area contributed by atoms with E-state index in [2.05, 4.69) is 10.3 Å². The summed E-state index contributed by atoms with van der Waals surface area (Å²) in [5, 5.41) is 3.04. The normalized spacial score (nSPS) is 15.8. The Balaban J connectivity index is 1.48. The fourth-order valence-electron chi connectivity index (χ4n) is 2.66. The highest BCUT2D eigenvalue weighted by Crippen LogP contribution is 2.15. The van der Waals surface area contributed by atoms with E-state index in [1.807, 2.05) is 6.92 Å². The Kier molecular flexibility index (Phi) is 5.10. The number of hydrogen-bond acceptors (Lipinski definition) is 5. The minimum absolute atomic E-state index is 0.0329. The number of thiazole rings is 1. The Bertz CT molecular complexity index is 728. The lowest BCUT2D eigenvalue weighted by molar-refractivity contribution is -0.127. The first kappa shape index (κ1) is 16.4. The summed E-state index contributed by atoms with van der Waals surface area (Å²) in [5.74, 6) is 0.553. The Hall–Kier alpha value is -2.41. The maximum Gasteiger partial charge on any atom is 0.263 e. The molecule has 1 saturated heterocycles. The van der Waals surface area contributed by atoms with Gasteiger partial charge in [-0.3, -0.25) is 9.59 Å². The van der Waals surface area contributed by atoms with Crippen LogP contribution in [-0.2, 0) is 4.79 Å². The predicted octanol–water partition coefficient (Wildman–Crippen LogP) is 2.48. The van der Waals surface area contributed by atoms with Gasteiger partial charge in [0, 0.05) is 25.2 Å². The molecule has 6 nitrogen and oxygen atoms in total. The van der Waals surface area contributed by atoms with Crippen molar-refractivity contribution in [1.29, 1.82) is 0 Å². The fourth-order valence-corrected chi connectivity index (χ4v) is 3.37. The molecule has 1 fully saturated rings. The van der Waals surface area contributed by atoms with Crippen LogP contribution in [0.15, 0.2) is 34.4 Å². The van der Waals surface area contributed by atoms with Gasteiger partial charge in [0.05, 0.1) is 17.5 Å². The van der Waals surface area contributed by atoms with Crippen LogP contribution < -0.4 is 5.32 Å². The van der Waals surface area contributed by atoms with Crippen molar-refractivity contribution >= 4 is 29.2 Å². The molecule has 0 unspecified atom stereocenters. The molecule has 0 spiro atoms. The molecule has 1 aliphatic rings. The largest absolute Gasteiger partial charge is 0.465 e. The molecule has 1 aliphatic heterocycles. The summed E-state index contributed by atoms with van der Waals surface area (Å²) >= 11 is 1.35. The topological polar surface area (TPSA) is 75.4 Å². The van der Waals surface area contributed by atoms with Crippen LogP contribution in [0.4, 0.5) is 0 Å². The minimum Gasteiger partial charge on any atom is -0.465 e. The number of aryl methyl sites for hydroxylation is 1. The van der Waals surface area contributed by atoms with Crippen molar-refractivity contribution in [2.24, 2.45) is 0 Å². The van der Waals surface area contributed by atoms with Crippen molar-refractivity contribution in [2.75, 3.05) is 13.1 Å². The number of piperidine rings is 1. The third-order valence-electron chi connectivity index (χ3n) is 4.03. The molecule has 24 heavy (non-hydrogen) atoms. The number of nitrogens with one attached hydrogen (secondary N) is 1. The summed E-state index contributed by atoms with van der Waals surface area (Å²) in [4.78, 5) is 30.9. The highest BCUT2D eigenvalue weighted by molar-refractivity contribution is 7.11. The summed E-state index contributed by atoms with van der Waals surface area (Å²) < 4.78 is 5.17. The number of carbonyl (C=O) groups is 2. The molecule has 1 N–H and O–H groups in total. The lowest BCUT2D eigenvalue weighted by atomic mass is 10.0. The summed E-state index contributed by atoms with van der Waals surface area (Å²) in [6.07, 6.45) is 6.28.